The number of fused-ring (bicyclic) bond motifs is 1. The summed E-state index contributed by atoms with van der Waals surface area (Å²) in [5.41, 5.74) is 2.45. The summed E-state index contributed by atoms with van der Waals surface area (Å²) in [6, 6.07) is 10.4. The molecular weight excluding hydrogens is 454 g/mol. The lowest BCUT2D eigenvalue weighted by Crippen LogP contribution is -2.31. The molecule has 0 N–H and O–H groups in total. The molecule has 0 unspecified atom stereocenters. The summed E-state index contributed by atoms with van der Waals surface area (Å²) in [6.07, 6.45) is 2.27. The van der Waals surface area contributed by atoms with E-state index in [4.69, 9.17) is 21.1 Å². The third-order valence-electron chi connectivity index (χ3n) is 5.43. The van der Waals surface area contributed by atoms with Crippen LogP contribution in [0.25, 0.3) is 0 Å². The molecule has 2 heterocycles. The average Bonchev–Trinajstić information content (AvgIpc) is 3.21. The van der Waals surface area contributed by atoms with Gasteiger partial charge in [-0.2, -0.15) is 0 Å². The topological polar surface area (TPSA) is 60.8 Å². The lowest BCUT2D eigenvalue weighted by atomic mass is 10.1. The van der Waals surface area contributed by atoms with E-state index in [0.29, 0.717) is 6.54 Å². The summed E-state index contributed by atoms with van der Waals surface area (Å²) in [6.45, 7) is 0.702. The molecule has 0 bridgehead atoms. The summed E-state index contributed by atoms with van der Waals surface area (Å²) in [7, 11) is 1.48. The highest BCUT2D eigenvalue weighted by atomic mass is 35.5. The number of aromatic nitrogens is 1. The van der Waals surface area contributed by atoms with E-state index in [-0.39, 0.29) is 42.0 Å². The summed E-state index contributed by atoms with van der Waals surface area (Å²) < 4.78 is 38.7. The first-order chi connectivity index (χ1) is 15.9. The maximum absolute atomic E-state index is 13.8. The maximum atomic E-state index is 13.8. The van der Waals surface area contributed by atoms with E-state index in [1.807, 2.05) is 18.2 Å². The zero-order valence-corrected chi connectivity index (χ0v) is 18.6. The SMILES string of the molecule is COCC(=O)N1CCc2cc(Cn3ccc(OCc4ccc(F)cc4F)c(Cl)c3=O)ccc21. The molecule has 0 aliphatic carbocycles. The van der Waals surface area contributed by atoms with Gasteiger partial charge in [-0.1, -0.05) is 23.7 Å². The number of carbonyl (C=O) groups excluding carboxylic acids is 1. The van der Waals surface area contributed by atoms with Crippen molar-refractivity contribution >= 4 is 23.2 Å². The van der Waals surface area contributed by atoms with Gasteiger partial charge >= 0.3 is 0 Å². The minimum atomic E-state index is -0.737. The van der Waals surface area contributed by atoms with Gasteiger partial charge in [0.15, 0.2) is 0 Å². The van der Waals surface area contributed by atoms with Gasteiger partial charge < -0.3 is 18.9 Å². The number of hydrogen-bond donors (Lipinski definition) is 0. The molecule has 6 nitrogen and oxygen atoms in total. The molecule has 33 heavy (non-hydrogen) atoms. The molecule has 9 heteroatoms. The van der Waals surface area contributed by atoms with E-state index in [0.717, 1.165) is 35.4 Å². The van der Waals surface area contributed by atoms with Crippen LogP contribution in [0.2, 0.25) is 5.02 Å². The van der Waals surface area contributed by atoms with Gasteiger partial charge in [0.1, 0.15) is 35.6 Å². The Labute approximate surface area is 193 Å². The molecule has 1 aliphatic rings. The van der Waals surface area contributed by atoms with Gasteiger partial charge in [-0.15, -0.1) is 0 Å². The van der Waals surface area contributed by atoms with Crippen molar-refractivity contribution in [3.05, 3.63) is 92.4 Å². The van der Waals surface area contributed by atoms with Crippen molar-refractivity contribution in [2.45, 2.75) is 19.6 Å². The van der Waals surface area contributed by atoms with Crippen LogP contribution in [-0.2, 0) is 29.1 Å². The second-order valence-corrected chi connectivity index (χ2v) is 8.02. The summed E-state index contributed by atoms with van der Waals surface area (Å²) in [5.74, 6) is -1.40. The molecule has 1 amide bonds. The average molecular weight is 475 g/mol. The minimum absolute atomic E-state index is 0.0251. The largest absolute Gasteiger partial charge is 0.487 e. The van der Waals surface area contributed by atoms with Crippen LogP contribution in [0.3, 0.4) is 0 Å². The quantitative estimate of drug-likeness (QED) is 0.520. The number of hydrogen-bond acceptors (Lipinski definition) is 4. The molecule has 0 saturated heterocycles. The van der Waals surface area contributed by atoms with Crippen molar-refractivity contribution in [2.75, 3.05) is 25.2 Å². The standard InChI is InChI=1S/C24H21ClF2N2O4/c1-32-14-22(30)29-9-6-16-10-15(2-5-20(16)29)12-28-8-7-21(23(25)24(28)31)33-13-17-3-4-18(26)11-19(17)27/h2-5,7-8,10-11H,6,9,12-14H2,1H3. The molecular formula is C24H21ClF2N2O4. The molecule has 4 rings (SSSR count). The highest BCUT2D eigenvalue weighted by molar-refractivity contribution is 6.31. The van der Waals surface area contributed by atoms with Gasteiger partial charge in [-0.3, -0.25) is 9.59 Å². The van der Waals surface area contributed by atoms with Crippen molar-refractivity contribution in [1.82, 2.24) is 4.57 Å². The molecule has 0 fully saturated rings. The van der Waals surface area contributed by atoms with E-state index in [9.17, 15) is 18.4 Å². The van der Waals surface area contributed by atoms with Crippen molar-refractivity contribution in [3.63, 3.8) is 0 Å². The van der Waals surface area contributed by atoms with Crippen molar-refractivity contribution in [2.24, 2.45) is 0 Å². The van der Waals surface area contributed by atoms with E-state index >= 15 is 0 Å². The number of amides is 1. The molecule has 0 atom stereocenters. The third kappa shape index (κ3) is 4.91. The lowest BCUT2D eigenvalue weighted by Gasteiger charge is -2.17. The lowest BCUT2D eigenvalue weighted by molar-refractivity contribution is -0.122. The monoisotopic (exact) mass is 474 g/mol. The predicted octanol–water partition coefficient (Wildman–Crippen LogP) is 3.94. The Morgan fingerprint density at radius 3 is 2.73 bits per heavy atom. The van der Waals surface area contributed by atoms with E-state index < -0.39 is 17.2 Å². The Hall–Kier alpha value is -3.23. The van der Waals surface area contributed by atoms with Crippen LogP contribution >= 0.6 is 11.6 Å². The Balaban J connectivity index is 1.48. The highest BCUT2D eigenvalue weighted by Crippen LogP contribution is 2.29. The van der Waals surface area contributed by atoms with Crippen LogP contribution in [0.5, 0.6) is 5.75 Å². The van der Waals surface area contributed by atoms with Gasteiger partial charge in [-0.05, 0) is 41.8 Å². The fourth-order valence-electron chi connectivity index (χ4n) is 3.77. The van der Waals surface area contributed by atoms with Crippen molar-refractivity contribution in [3.8, 4) is 5.75 Å². The van der Waals surface area contributed by atoms with E-state index in [2.05, 4.69) is 0 Å². The number of anilines is 1. The second kappa shape index (κ2) is 9.72. The van der Waals surface area contributed by atoms with Crippen LogP contribution in [0, 0.1) is 11.6 Å². The normalized spacial score (nSPS) is 12.7. The molecule has 1 aliphatic heterocycles. The fraction of sp³-hybridized carbons (Fsp3) is 0.250. The van der Waals surface area contributed by atoms with Gasteiger partial charge in [0.2, 0.25) is 0 Å². The van der Waals surface area contributed by atoms with Crippen LogP contribution < -0.4 is 15.2 Å². The number of carbonyl (C=O) groups is 1. The first-order valence-electron chi connectivity index (χ1n) is 10.2. The van der Waals surface area contributed by atoms with Gasteiger partial charge in [0.05, 0.1) is 6.54 Å². The van der Waals surface area contributed by atoms with Crippen LogP contribution in [-0.4, -0.2) is 30.7 Å². The number of pyridine rings is 1. The number of benzene rings is 2. The van der Waals surface area contributed by atoms with Crippen LogP contribution in [0.15, 0.2) is 53.5 Å². The second-order valence-electron chi connectivity index (χ2n) is 7.64. The first-order valence-corrected chi connectivity index (χ1v) is 10.6. The van der Waals surface area contributed by atoms with Crippen molar-refractivity contribution in [1.29, 1.82) is 0 Å². The number of nitrogens with zero attached hydrogens (tertiary/aromatic N) is 2. The first kappa shape index (κ1) is 22.9. The Kier molecular flexibility index (Phi) is 6.76. The molecule has 1 aromatic heterocycles. The van der Waals surface area contributed by atoms with E-state index in [1.165, 1.54) is 23.8 Å². The van der Waals surface area contributed by atoms with Gasteiger partial charge in [0.25, 0.3) is 11.5 Å². The number of methoxy groups -OCH3 is 1. The highest BCUT2D eigenvalue weighted by Gasteiger charge is 2.24. The number of ether oxygens (including phenoxy) is 2. The van der Waals surface area contributed by atoms with Crippen molar-refractivity contribution < 1.29 is 23.0 Å². The predicted molar refractivity (Wildman–Crippen MR) is 120 cm³/mol. The fourth-order valence-corrected chi connectivity index (χ4v) is 4.00. The van der Waals surface area contributed by atoms with Gasteiger partial charge in [-0.25, -0.2) is 8.78 Å². The Bertz CT molecular complexity index is 1260. The van der Waals surface area contributed by atoms with Crippen LogP contribution in [0.4, 0.5) is 14.5 Å². The summed E-state index contributed by atoms with van der Waals surface area (Å²) in [4.78, 5) is 26.6. The molecule has 0 saturated carbocycles. The minimum Gasteiger partial charge on any atom is -0.487 e. The number of halogens is 3. The summed E-state index contributed by atoms with van der Waals surface area (Å²) >= 11 is 6.21. The van der Waals surface area contributed by atoms with Gasteiger partial charge in [0, 0.05) is 37.2 Å². The molecule has 172 valence electrons. The third-order valence-corrected chi connectivity index (χ3v) is 5.78. The zero-order valence-electron chi connectivity index (χ0n) is 17.8. The smallest absolute Gasteiger partial charge is 0.273 e. The van der Waals surface area contributed by atoms with E-state index in [1.54, 1.807) is 11.1 Å². The Morgan fingerprint density at radius 1 is 1.15 bits per heavy atom. The number of rotatable bonds is 7. The molecule has 2 aromatic carbocycles. The maximum Gasteiger partial charge on any atom is 0.273 e. The zero-order chi connectivity index (χ0) is 23.5. The Morgan fingerprint density at radius 2 is 1.97 bits per heavy atom. The van der Waals surface area contributed by atoms with Crippen LogP contribution in [0.1, 0.15) is 16.7 Å². The summed E-state index contributed by atoms with van der Waals surface area (Å²) in [5, 5.41) is -0.127. The molecule has 3 aromatic rings. The molecule has 0 spiro atoms. The molecule has 0 radical (unpaired) electrons.